The first-order valence-corrected chi connectivity index (χ1v) is 11.8. The summed E-state index contributed by atoms with van der Waals surface area (Å²) in [4.78, 5) is 16.6. The molecule has 35 heavy (non-hydrogen) atoms. The van der Waals surface area contributed by atoms with E-state index in [1.165, 1.54) is 18.9 Å². The number of hydrogen-bond donors (Lipinski definition) is 1. The number of nitrogens with zero attached hydrogens (tertiary/aromatic N) is 2. The Bertz CT molecular complexity index is 1160. The molecule has 0 spiro atoms. The second-order valence-corrected chi connectivity index (χ2v) is 8.58. The van der Waals surface area contributed by atoms with Crippen molar-refractivity contribution in [3.63, 3.8) is 0 Å². The normalized spacial score (nSPS) is 13.8. The average Bonchev–Trinajstić information content (AvgIpc) is 3.49. The lowest BCUT2D eigenvalue weighted by atomic mass is 10.1. The maximum absolute atomic E-state index is 12.4. The van der Waals surface area contributed by atoms with Gasteiger partial charge in [0.05, 0.1) is 18.4 Å². The number of hydrogen-bond acceptors (Lipinski definition) is 7. The molecule has 2 aromatic heterocycles. The van der Waals surface area contributed by atoms with Crippen molar-refractivity contribution in [2.75, 3.05) is 7.11 Å². The Morgan fingerprint density at radius 2 is 2.00 bits per heavy atom. The van der Waals surface area contributed by atoms with E-state index in [2.05, 4.69) is 15.5 Å². The van der Waals surface area contributed by atoms with Crippen molar-refractivity contribution in [3.8, 4) is 17.4 Å². The van der Waals surface area contributed by atoms with Gasteiger partial charge in [-0.05, 0) is 74.9 Å². The largest absolute Gasteiger partial charge is 0.493 e. The van der Waals surface area contributed by atoms with Crippen LogP contribution in [-0.4, -0.2) is 29.3 Å². The van der Waals surface area contributed by atoms with Gasteiger partial charge in [0, 0.05) is 24.9 Å². The van der Waals surface area contributed by atoms with Gasteiger partial charge in [0.15, 0.2) is 11.5 Å². The Balaban J connectivity index is 1.30. The van der Waals surface area contributed by atoms with Crippen molar-refractivity contribution in [2.45, 2.75) is 58.8 Å². The van der Waals surface area contributed by atoms with Gasteiger partial charge < -0.3 is 24.1 Å². The van der Waals surface area contributed by atoms with Gasteiger partial charge in [-0.1, -0.05) is 11.2 Å². The number of pyridine rings is 1. The SMILES string of the molecule is COc1cc(/C=C/C(=O)NCc2ccnc(OC3CCCC3)c2)ccc1OCc1c(C)noc1C. The van der Waals surface area contributed by atoms with E-state index in [0.717, 1.165) is 41.0 Å². The summed E-state index contributed by atoms with van der Waals surface area (Å²) in [5, 5.41) is 6.84. The predicted octanol–water partition coefficient (Wildman–Crippen LogP) is 4.93. The third-order valence-corrected chi connectivity index (χ3v) is 6.02. The van der Waals surface area contributed by atoms with Crippen molar-refractivity contribution >= 4 is 12.0 Å². The predicted molar refractivity (Wildman–Crippen MR) is 131 cm³/mol. The fraction of sp³-hybridized carbons (Fsp3) is 0.370. The Morgan fingerprint density at radius 3 is 2.74 bits per heavy atom. The van der Waals surface area contributed by atoms with Gasteiger partial charge in [0.2, 0.25) is 11.8 Å². The summed E-state index contributed by atoms with van der Waals surface area (Å²) >= 11 is 0. The molecule has 0 saturated heterocycles. The van der Waals surface area contributed by atoms with Crippen LogP contribution in [0.1, 0.15) is 53.8 Å². The lowest BCUT2D eigenvalue weighted by Crippen LogP contribution is -2.20. The summed E-state index contributed by atoms with van der Waals surface area (Å²) in [6.07, 6.45) is 9.75. The summed E-state index contributed by atoms with van der Waals surface area (Å²) in [7, 11) is 1.58. The summed E-state index contributed by atoms with van der Waals surface area (Å²) in [5.74, 6) is 2.32. The van der Waals surface area contributed by atoms with Crippen LogP contribution in [0.4, 0.5) is 0 Å². The van der Waals surface area contributed by atoms with Crippen molar-refractivity contribution in [2.24, 2.45) is 0 Å². The zero-order valence-corrected chi connectivity index (χ0v) is 20.4. The third-order valence-electron chi connectivity index (χ3n) is 6.02. The third kappa shape index (κ3) is 6.62. The molecular formula is C27H31N3O5. The lowest BCUT2D eigenvalue weighted by Gasteiger charge is -2.12. The Hall–Kier alpha value is -3.81. The molecule has 0 bridgehead atoms. The number of nitrogens with one attached hydrogen (secondary N) is 1. The second-order valence-electron chi connectivity index (χ2n) is 8.58. The molecule has 0 radical (unpaired) electrons. The summed E-state index contributed by atoms with van der Waals surface area (Å²) < 4.78 is 22.5. The smallest absolute Gasteiger partial charge is 0.244 e. The Kier molecular flexibility index (Phi) is 8.03. The number of aryl methyl sites for hydroxylation is 2. The van der Waals surface area contributed by atoms with E-state index in [1.807, 2.05) is 44.2 Å². The quantitative estimate of drug-likeness (QED) is 0.414. The monoisotopic (exact) mass is 477 g/mol. The first-order valence-electron chi connectivity index (χ1n) is 11.8. The molecule has 8 nitrogen and oxygen atoms in total. The Morgan fingerprint density at radius 1 is 1.17 bits per heavy atom. The molecule has 1 N–H and O–H groups in total. The van der Waals surface area contributed by atoms with Crippen LogP contribution >= 0.6 is 0 Å². The van der Waals surface area contributed by atoms with E-state index < -0.39 is 0 Å². The molecule has 1 aliphatic carbocycles. The number of aromatic nitrogens is 2. The number of carbonyl (C=O) groups is 1. The van der Waals surface area contributed by atoms with Crippen LogP contribution in [-0.2, 0) is 17.9 Å². The number of rotatable bonds is 10. The molecule has 4 rings (SSSR count). The van der Waals surface area contributed by atoms with E-state index in [-0.39, 0.29) is 12.0 Å². The average molecular weight is 478 g/mol. The van der Waals surface area contributed by atoms with Crippen LogP contribution in [0.15, 0.2) is 47.1 Å². The van der Waals surface area contributed by atoms with Gasteiger partial charge in [-0.15, -0.1) is 0 Å². The minimum atomic E-state index is -0.197. The van der Waals surface area contributed by atoms with E-state index in [9.17, 15) is 4.79 Å². The van der Waals surface area contributed by atoms with Crippen molar-refractivity contribution < 1.29 is 23.5 Å². The number of methoxy groups -OCH3 is 1. The Labute approximate surface area is 205 Å². The van der Waals surface area contributed by atoms with Crippen LogP contribution in [0.5, 0.6) is 17.4 Å². The van der Waals surface area contributed by atoms with Gasteiger partial charge in [0.1, 0.15) is 18.5 Å². The minimum absolute atomic E-state index is 0.197. The molecule has 1 fully saturated rings. The molecule has 1 aromatic carbocycles. The molecule has 0 unspecified atom stereocenters. The molecule has 8 heteroatoms. The first-order chi connectivity index (χ1) is 17.0. The van der Waals surface area contributed by atoms with Crippen LogP contribution in [0.25, 0.3) is 6.08 Å². The van der Waals surface area contributed by atoms with Crippen molar-refractivity contribution in [1.29, 1.82) is 0 Å². The highest BCUT2D eigenvalue weighted by Crippen LogP contribution is 2.30. The highest BCUT2D eigenvalue weighted by atomic mass is 16.5. The topological polar surface area (TPSA) is 95.7 Å². The molecule has 2 heterocycles. The fourth-order valence-electron chi connectivity index (χ4n) is 3.99. The maximum atomic E-state index is 12.4. The minimum Gasteiger partial charge on any atom is -0.493 e. The van der Waals surface area contributed by atoms with Crippen molar-refractivity contribution in [1.82, 2.24) is 15.5 Å². The molecule has 1 aliphatic rings. The van der Waals surface area contributed by atoms with E-state index in [1.54, 1.807) is 19.4 Å². The van der Waals surface area contributed by atoms with Gasteiger partial charge in [-0.2, -0.15) is 0 Å². The van der Waals surface area contributed by atoms with Gasteiger partial charge in [0.25, 0.3) is 0 Å². The highest BCUT2D eigenvalue weighted by Gasteiger charge is 2.17. The first kappa shape index (κ1) is 24.3. The molecule has 184 valence electrons. The number of ether oxygens (including phenoxy) is 3. The standard InChI is InChI=1S/C27H31N3O5/c1-18-23(19(2)35-30-18)17-33-24-10-8-20(14-25(24)32-3)9-11-26(31)29-16-21-12-13-28-27(15-21)34-22-6-4-5-7-22/h8-15,22H,4-7,16-17H2,1-3H3,(H,29,31)/b11-9+. The maximum Gasteiger partial charge on any atom is 0.244 e. The number of amides is 1. The van der Waals surface area contributed by atoms with Crippen molar-refractivity contribution in [3.05, 3.63) is 70.7 Å². The zero-order chi connectivity index (χ0) is 24.6. The van der Waals surface area contributed by atoms with Crippen LogP contribution in [0.3, 0.4) is 0 Å². The molecule has 0 aliphatic heterocycles. The molecular weight excluding hydrogens is 446 g/mol. The molecule has 1 saturated carbocycles. The fourth-order valence-corrected chi connectivity index (χ4v) is 3.99. The molecule has 3 aromatic rings. The highest BCUT2D eigenvalue weighted by molar-refractivity contribution is 5.91. The van der Waals surface area contributed by atoms with E-state index in [4.69, 9.17) is 18.7 Å². The van der Waals surface area contributed by atoms with Gasteiger partial charge in [-0.25, -0.2) is 4.98 Å². The number of benzene rings is 1. The summed E-state index contributed by atoms with van der Waals surface area (Å²) in [5.41, 5.74) is 3.48. The van der Waals surface area contributed by atoms with Crippen LogP contribution in [0, 0.1) is 13.8 Å². The van der Waals surface area contributed by atoms with Gasteiger partial charge >= 0.3 is 0 Å². The van der Waals surface area contributed by atoms with E-state index in [0.29, 0.717) is 30.5 Å². The zero-order valence-electron chi connectivity index (χ0n) is 20.4. The molecule has 0 atom stereocenters. The van der Waals surface area contributed by atoms with Crippen LogP contribution < -0.4 is 19.5 Å². The summed E-state index contributed by atoms with van der Waals surface area (Å²) in [6.45, 7) is 4.46. The second kappa shape index (κ2) is 11.6. The van der Waals surface area contributed by atoms with Crippen LogP contribution in [0.2, 0.25) is 0 Å². The lowest BCUT2D eigenvalue weighted by molar-refractivity contribution is -0.116. The number of carbonyl (C=O) groups excluding carboxylic acids is 1. The summed E-state index contributed by atoms with van der Waals surface area (Å²) in [6, 6.07) is 9.26. The van der Waals surface area contributed by atoms with Gasteiger partial charge in [-0.3, -0.25) is 4.79 Å². The molecule has 1 amide bonds. The van der Waals surface area contributed by atoms with E-state index >= 15 is 0 Å².